The van der Waals surface area contributed by atoms with Gasteiger partial charge in [0.25, 0.3) is 5.69 Å². The van der Waals surface area contributed by atoms with Crippen LogP contribution < -0.4 is 31.2 Å². The average Bonchev–Trinajstić information content (AvgIpc) is 0.783. The fourth-order valence-corrected chi connectivity index (χ4v) is 9.32. The third-order valence-electron chi connectivity index (χ3n) is 13.1. The van der Waals surface area contributed by atoms with Crippen LogP contribution in [0.4, 0.5) is 105 Å². The van der Waals surface area contributed by atoms with Gasteiger partial charge < -0.3 is 9.84 Å². The second kappa shape index (κ2) is 22.9. The van der Waals surface area contributed by atoms with Crippen molar-refractivity contribution < 1.29 is 129 Å². The van der Waals surface area contributed by atoms with Crippen LogP contribution in [0.5, 0.6) is 5.75 Å². The van der Waals surface area contributed by atoms with Crippen molar-refractivity contribution in [2.75, 3.05) is 0 Å². The van der Waals surface area contributed by atoms with Gasteiger partial charge in [0.15, 0.2) is 12.7 Å². The fourth-order valence-electron chi connectivity index (χ4n) is 9.32. The summed E-state index contributed by atoms with van der Waals surface area (Å²) in [6.07, 6.45) is -52.9. The number of benzene rings is 7. The Kier molecular flexibility index (Phi) is 17.3. The highest BCUT2D eigenvalue weighted by atomic mass is 19.4. The Morgan fingerprint density at radius 1 is 0.384 bits per heavy atom. The maximum Gasteiger partial charge on any atom is 0.416 e. The lowest BCUT2D eigenvalue weighted by Crippen LogP contribution is -2.75. The van der Waals surface area contributed by atoms with Gasteiger partial charge in [-0.15, -0.1) is 0 Å². The summed E-state index contributed by atoms with van der Waals surface area (Å²) < 4.78 is 348. The van der Waals surface area contributed by atoms with Gasteiger partial charge in [-0.05, 0) is 53.9 Å². The van der Waals surface area contributed by atoms with Gasteiger partial charge >= 0.3 is 61.3 Å². The van der Waals surface area contributed by atoms with E-state index in [2.05, 4.69) is 0 Å². The van der Waals surface area contributed by atoms with Crippen molar-refractivity contribution in [1.82, 2.24) is 0 Å². The number of carbonyl (C=O) groups is 2. The molecule has 1 heterocycles. The Labute approximate surface area is 466 Å². The molecule has 0 fully saturated rings. The molecule has 0 saturated carbocycles. The van der Waals surface area contributed by atoms with Gasteiger partial charge in [-0.25, -0.2) is 9.59 Å². The van der Waals surface area contributed by atoms with Gasteiger partial charge in [0, 0.05) is 11.6 Å². The number of fused-ring (bicyclic) bond motifs is 1. The molecule has 0 spiro atoms. The molecule has 8 rings (SSSR count). The highest BCUT2D eigenvalue weighted by Gasteiger charge is 2.47. The molecule has 1 N–H and O–H groups in total. The zero-order chi connectivity index (χ0) is 64.1. The van der Waals surface area contributed by atoms with Crippen LogP contribution in [0.1, 0.15) is 70.9 Å². The zero-order valence-corrected chi connectivity index (χ0v) is 42.1. The number of carboxylic acid groups (broad SMARTS) is 1. The third-order valence-corrected chi connectivity index (χ3v) is 13.1. The predicted molar refractivity (Wildman–Crippen MR) is 258 cm³/mol. The van der Waals surface area contributed by atoms with Crippen molar-refractivity contribution in [1.29, 1.82) is 0 Å². The summed E-state index contributed by atoms with van der Waals surface area (Å²) in [4.78, 5) is 24.3. The summed E-state index contributed by atoms with van der Waals surface area (Å²) in [7, 11) is 0. The van der Waals surface area contributed by atoms with Crippen molar-refractivity contribution in [2.45, 2.75) is 56.0 Å². The Morgan fingerprint density at radius 2 is 0.709 bits per heavy atom. The van der Waals surface area contributed by atoms with E-state index in [1.807, 2.05) is 71.4 Å². The number of pyridine rings is 1. The Bertz CT molecular complexity index is 3400. The summed E-state index contributed by atoms with van der Waals surface area (Å²) in [6.45, 7) is 0.505. The van der Waals surface area contributed by atoms with E-state index in [1.165, 1.54) is 12.1 Å². The van der Waals surface area contributed by atoms with E-state index in [4.69, 9.17) is 9.84 Å². The van der Waals surface area contributed by atoms with E-state index in [9.17, 15) is 115 Å². The number of esters is 1. The second-order valence-electron chi connectivity index (χ2n) is 18.8. The number of aromatic carboxylic acids is 1. The molecule has 7 aromatic carbocycles. The third kappa shape index (κ3) is 14.5. The number of aromatic nitrogens is 1. The lowest BCUT2D eigenvalue weighted by molar-refractivity contribution is -0.689. The molecule has 0 bridgehead atoms. The molecule has 0 amide bonds. The van der Waals surface area contributed by atoms with E-state index in [0.29, 0.717) is 12.2 Å². The largest absolute Gasteiger partial charge is 0.478 e. The minimum Gasteiger partial charge on any atom is -0.478 e. The summed E-state index contributed by atoms with van der Waals surface area (Å²) in [5.74, 6) is -1.43. The average molecular weight is 1250 g/mol. The first kappa shape index (κ1) is 64.8. The van der Waals surface area contributed by atoms with Crippen LogP contribution in [0.2, 0.25) is 0 Å². The van der Waals surface area contributed by atoms with Gasteiger partial charge in [-0.2, -0.15) is 132 Å². The molecule has 8 aromatic rings. The zero-order valence-electron chi connectivity index (χ0n) is 42.1. The number of nitrogens with zero attached hydrogens (tertiary/aromatic N) is 1. The summed E-state index contributed by atoms with van der Waals surface area (Å²) in [5, 5.41) is 10.9. The molecular weight excluding hydrogens is 1220 g/mol. The van der Waals surface area contributed by atoms with Crippen molar-refractivity contribution in [3.8, 4) is 5.75 Å². The Hall–Kier alpha value is -8.73. The van der Waals surface area contributed by atoms with Crippen LogP contribution in [0, 0.1) is 0 Å². The van der Waals surface area contributed by atoms with Gasteiger partial charge in [-0.1, -0.05) is 103 Å². The van der Waals surface area contributed by atoms with Crippen LogP contribution in [-0.4, -0.2) is 23.2 Å². The van der Waals surface area contributed by atoms with Gasteiger partial charge in [0.05, 0.1) is 55.5 Å². The normalized spacial score (nSPS) is 13.1. The van der Waals surface area contributed by atoms with Gasteiger partial charge in [-0.3, -0.25) is 0 Å². The molecule has 454 valence electrons. The van der Waals surface area contributed by atoms with Crippen LogP contribution >= 0.6 is 0 Å². The van der Waals surface area contributed by atoms with Gasteiger partial charge in [0.1, 0.15) is 11.9 Å². The van der Waals surface area contributed by atoms with E-state index >= 15 is 0 Å². The highest BCUT2D eigenvalue weighted by Crippen LogP contribution is 2.42. The van der Waals surface area contributed by atoms with E-state index < -0.39 is 207 Å². The van der Waals surface area contributed by atoms with Crippen molar-refractivity contribution in [2.24, 2.45) is 0 Å². The smallest absolute Gasteiger partial charge is 0.416 e. The molecule has 1 aromatic heterocycles. The topological polar surface area (TPSA) is 67.5 Å². The van der Waals surface area contributed by atoms with Crippen molar-refractivity contribution >= 4 is 50.7 Å². The van der Waals surface area contributed by atoms with Crippen LogP contribution in [0.15, 0.2) is 164 Å². The minimum atomic E-state index is -6.13. The number of halogens is 24. The number of hydrogen-bond acceptors (Lipinski definition) is 3. The lowest BCUT2D eigenvalue weighted by atomic mass is 9.12. The maximum absolute atomic E-state index is 14.2. The van der Waals surface area contributed by atoms with E-state index in [1.54, 1.807) is 12.1 Å². The number of carboxylic acids is 1. The molecule has 0 aliphatic heterocycles. The quantitative estimate of drug-likeness (QED) is 0.0514. The SMILES string of the molecule is FC(F)(F)c1cc([B-](c2cc(C(F)(F)F)cc(C(F)(F)F)c2)(c2cc(C(F)(F)F)cc(C(F)(F)F)c2)c2cc(C(F)(F)F)cc(C(F)(F)F)c2)cc(C(F)(F)F)c1.O=C(O)c1cccc(OC(=O)c2c3ccccc3cc[n+]2Cc2ccccc2)c1. The molecular formula is C56H30BF24NO4. The maximum atomic E-state index is 14.2. The number of ether oxygens (including phenoxy) is 1. The van der Waals surface area contributed by atoms with E-state index in [-0.39, 0.29) is 11.3 Å². The second-order valence-corrected chi connectivity index (χ2v) is 18.8. The van der Waals surface area contributed by atoms with Gasteiger partial charge in [0.2, 0.25) is 0 Å². The molecule has 0 atom stereocenters. The monoisotopic (exact) mass is 1250 g/mol. The molecule has 0 aliphatic rings. The standard InChI is InChI=1S/C32H12BF24.C24H17NO4/c34-25(35,36)13-1-14(26(37,38)39)6-21(5-13)33(22-7-15(27(40,41)42)2-16(8-22)28(43,44)45,23-9-17(29(46,47)48)3-18(10-23)30(49,50)51)24-11-19(31(52,53)54)4-20(12-24)32(55,56)57;26-23(27)19-10-6-11-20(15-19)29-24(28)22-21-12-5-4-9-18(21)13-14-25(22)16-17-7-2-1-3-8-17/h1-12H;1-15H,16H2/q-1;/p+1. The molecule has 30 heteroatoms. The Morgan fingerprint density at radius 3 is 1.03 bits per heavy atom. The minimum absolute atomic E-state index is 0.0605. The lowest BCUT2D eigenvalue weighted by Gasteiger charge is -2.46. The van der Waals surface area contributed by atoms with Crippen LogP contribution in [0.25, 0.3) is 10.8 Å². The first-order chi connectivity index (χ1) is 39.4. The Balaban J connectivity index is 0.000000302. The first-order valence-corrected chi connectivity index (χ1v) is 23.7. The highest BCUT2D eigenvalue weighted by molar-refractivity contribution is 7.20. The van der Waals surface area contributed by atoms with E-state index in [0.717, 1.165) is 16.3 Å². The molecule has 5 nitrogen and oxygen atoms in total. The number of alkyl halides is 24. The van der Waals surface area contributed by atoms with Crippen LogP contribution in [-0.2, 0) is 56.0 Å². The molecule has 0 radical (unpaired) electrons. The molecule has 0 aliphatic carbocycles. The molecule has 86 heavy (non-hydrogen) atoms. The van der Waals surface area contributed by atoms with Crippen molar-refractivity contribution in [3.05, 3.63) is 225 Å². The number of rotatable bonds is 9. The summed E-state index contributed by atoms with van der Waals surface area (Å²) >= 11 is 0. The first-order valence-electron chi connectivity index (χ1n) is 23.7. The van der Waals surface area contributed by atoms with Crippen molar-refractivity contribution in [3.63, 3.8) is 0 Å². The fraction of sp³-hybridized carbons (Fsp3) is 0.161. The summed E-state index contributed by atoms with van der Waals surface area (Å²) in [5.41, 5.74) is -28.7. The number of carbonyl (C=O) groups excluding carboxylic acids is 1. The molecule has 0 saturated heterocycles. The number of hydrogen-bond donors (Lipinski definition) is 1. The van der Waals surface area contributed by atoms with Crippen LogP contribution in [0.3, 0.4) is 0 Å². The summed E-state index contributed by atoms with van der Waals surface area (Å²) in [6, 6.07) is 16.5. The molecule has 0 unspecified atom stereocenters. The predicted octanol–water partition coefficient (Wildman–Crippen LogP) is 15.3.